The van der Waals surface area contributed by atoms with Crippen molar-refractivity contribution in [1.82, 2.24) is 24.0 Å². The molecule has 1 heterocycles. The smallest absolute Gasteiger partial charge is 0.254 e. The first-order valence-electron chi connectivity index (χ1n) is 39.7. The number of ether oxygens (including phenoxy) is 6. The Morgan fingerprint density at radius 3 is 1.15 bits per heavy atom. The molecule has 0 unspecified atom stereocenters. The lowest BCUT2D eigenvalue weighted by atomic mass is 10.1. The van der Waals surface area contributed by atoms with Gasteiger partial charge >= 0.3 is 0 Å². The number of nitrogens with one attached hydrogen (secondary N) is 5. The number of alkyl halides is 1. The van der Waals surface area contributed by atoms with Crippen molar-refractivity contribution in [3.63, 3.8) is 0 Å². The predicted octanol–water partition coefficient (Wildman–Crippen LogP) is 14.3. The number of halogens is 1. The molecule has 7 N–H and O–H groups in total. The first kappa shape index (κ1) is 108. The number of carbonyl (C=O) groups is 2. The number of nitrogens with two attached hydrogens (primary N) is 1. The minimum absolute atomic E-state index is 0.0301. The standard InChI is InChI=1S/C12H15NO2.C11H17NO3S.C11H15NO2.C10H15NO3S.C10H13NO2S.C9H11N3O.C9H13NO2S.C9H13NO.C8H10ClNO2S/c1-10-2-4-11(5-3-10)12(14)13-6-8-15-9-7-13;1-3-16(13,14)12-8-9-15-11-6-4-10(2)5-7-11;1-9-3-5-11(6-4-9)14-8-7-12-10(2)13;1-9-3-5-10(6-4-9)14-8-7-11-15(2,12)13;1-8-2-4-9(5-3-8)11-14(12,13)10-6-7-10;1-8-2-4-9(5-3-8)13-7-6-11-12-10;1-8-4-6-9(7-5-8)13(11,12)10(2)3;1-8-2-4-9(5-3-8)11-7-6-10;1-7-2-4-8(5-3-7)10-13(11,12)6-9/h2-5H,6-9H2,1H3;4-7,12H,3,8-9H2,1-2H3;3-6H,7-8H2,1-2H3,(H,12,13);3-6,11H,7-8H2,1-2H3;2-5,10-11H,6-7H2,1H3;2-5H,6-7H2,1H3;4-7H,1-3H3;2-5H,6-7,10H2,1H3;2-5,10H,6H2,1H3. The molecule has 29 nitrogen and oxygen atoms in total. The molecule has 1 aliphatic carbocycles. The van der Waals surface area contributed by atoms with Gasteiger partial charge in [-0.15, -0.1) is 11.6 Å². The fourth-order valence-electron chi connectivity index (χ4n) is 9.50. The third kappa shape index (κ3) is 49.8. The second-order valence-electron chi connectivity index (χ2n) is 28.3. The lowest BCUT2D eigenvalue weighted by molar-refractivity contribution is -0.119. The summed E-state index contributed by atoms with van der Waals surface area (Å²) in [6, 6.07) is 67.6. The molecule has 0 bridgehead atoms. The SMILES string of the molecule is CC(=O)NCCOc1ccc(C)cc1.CCS(=O)(=O)NCCOc1ccc(C)cc1.Cc1ccc(C(=O)N2CCOCC2)cc1.Cc1ccc(NS(=O)(=O)C2CC2)cc1.Cc1ccc(NS(=O)(=O)CCl)cc1.Cc1ccc(OCCN)cc1.Cc1ccc(OCCN=[N+]=[N-])cc1.Cc1ccc(OCCNS(C)(=O)=O)cc1.Cc1ccc(S(=O)(=O)N(C)C)cc1. The molecule has 11 rings (SSSR count). The van der Waals surface area contributed by atoms with E-state index < -0.39 is 55.3 Å². The summed E-state index contributed by atoms with van der Waals surface area (Å²) in [6.07, 6.45) is 2.71. The third-order valence-corrected chi connectivity index (χ3v) is 24.2. The van der Waals surface area contributed by atoms with Gasteiger partial charge < -0.3 is 44.4 Å². The lowest BCUT2D eigenvalue weighted by Gasteiger charge is -2.26. The molecule has 678 valence electrons. The van der Waals surface area contributed by atoms with E-state index >= 15 is 0 Å². The Morgan fingerprint density at radius 1 is 0.484 bits per heavy atom. The molecule has 2 aliphatic rings. The van der Waals surface area contributed by atoms with Crippen LogP contribution < -0.4 is 53.6 Å². The van der Waals surface area contributed by atoms with Crippen molar-refractivity contribution < 1.29 is 80.1 Å². The van der Waals surface area contributed by atoms with Crippen LogP contribution in [-0.2, 0) is 59.6 Å². The van der Waals surface area contributed by atoms with Crippen LogP contribution in [0.3, 0.4) is 0 Å². The molecule has 1 aliphatic heterocycles. The average Bonchev–Trinajstić information content (AvgIpc) is 1.37. The molecule has 1 saturated heterocycles. The Morgan fingerprint density at radius 2 is 0.815 bits per heavy atom. The number of rotatable bonds is 31. The monoisotopic (exact) mass is 1830 g/mol. The maximum atomic E-state index is 12.0. The quantitative estimate of drug-likeness (QED) is 0.00772. The summed E-state index contributed by atoms with van der Waals surface area (Å²) in [4.78, 5) is 27.3. The van der Waals surface area contributed by atoms with Crippen LogP contribution in [0.15, 0.2) is 228 Å². The summed E-state index contributed by atoms with van der Waals surface area (Å²) in [6.45, 7) is 28.0. The van der Waals surface area contributed by atoms with Gasteiger partial charge in [-0.25, -0.2) is 55.8 Å². The average molecular weight is 1830 g/mol. The molecular weight excluding hydrogens is 1710 g/mol. The van der Waals surface area contributed by atoms with Crippen LogP contribution >= 0.6 is 11.6 Å². The fraction of sp³-hybridized carbons (Fsp3) is 0.371. The van der Waals surface area contributed by atoms with Crippen LogP contribution in [0.25, 0.3) is 10.4 Å². The molecular formula is C89H122ClN11O18S5. The van der Waals surface area contributed by atoms with Gasteiger partial charge in [0.25, 0.3) is 5.91 Å². The first-order chi connectivity index (χ1) is 58.7. The second kappa shape index (κ2) is 58.0. The van der Waals surface area contributed by atoms with Crippen molar-refractivity contribution in [3.8, 4) is 28.7 Å². The number of aryl methyl sites for hydroxylation is 9. The van der Waals surface area contributed by atoms with Gasteiger partial charge in [-0.05, 0) is 197 Å². The van der Waals surface area contributed by atoms with Gasteiger partial charge in [-0.3, -0.25) is 19.0 Å². The first-order valence-corrected chi connectivity index (χ1v) is 48.4. The number of azide groups is 1. The maximum Gasteiger partial charge on any atom is 0.254 e. The maximum absolute atomic E-state index is 12.0. The zero-order valence-electron chi connectivity index (χ0n) is 73.2. The van der Waals surface area contributed by atoms with E-state index in [0.29, 0.717) is 102 Å². The van der Waals surface area contributed by atoms with Crippen molar-refractivity contribution in [1.29, 1.82) is 0 Å². The molecule has 2 fully saturated rings. The number of anilines is 2. The van der Waals surface area contributed by atoms with Crippen molar-refractivity contribution in [2.24, 2.45) is 10.8 Å². The number of benzene rings is 9. The summed E-state index contributed by atoms with van der Waals surface area (Å²) in [5.74, 6) is 4.20. The fourth-order valence-corrected chi connectivity index (χ4v) is 13.6. The molecule has 2 amide bonds. The second-order valence-corrected chi connectivity index (χ2v) is 38.6. The molecule has 124 heavy (non-hydrogen) atoms. The van der Waals surface area contributed by atoms with Gasteiger partial charge in [-0.2, -0.15) is 0 Å². The van der Waals surface area contributed by atoms with E-state index in [1.54, 1.807) is 55.5 Å². The van der Waals surface area contributed by atoms with E-state index in [9.17, 15) is 51.7 Å². The van der Waals surface area contributed by atoms with Crippen LogP contribution in [0.5, 0.6) is 28.7 Å². The number of carbonyl (C=O) groups excluding carboxylic acids is 2. The van der Waals surface area contributed by atoms with Gasteiger partial charge in [0.15, 0.2) is 0 Å². The van der Waals surface area contributed by atoms with Crippen LogP contribution in [0.2, 0.25) is 0 Å². The van der Waals surface area contributed by atoms with Crippen LogP contribution in [0, 0.1) is 62.3 Å². The molecule has 9 aromatic rings. The minimum atomic E-state index is -3.37. The predicted molar refractivity (Wildman–Crippen MR) is 497 cm³/mol. The number of hydrogen-bond donors (Lipinski definition) is 6. The van der Waals surface area contributed by atoms with E-state index in [0.717, 1.165) is 75.7 Å². The number of amides is 2. The molecule has 0 atom stereocenters. The Labute approximate surface area is 740 Å². The zero-order chi connectivity index (χ0) is 92.2. The number of morpholine rings is 1. The van der Waals surface area contributed by atoms with Crippen LogP contribution in [0.1, 0.15) is 87.1 Å². The highest BCUT2D eigenvalue weighted by molar-refractivity contribution is 7.94. The lowest BCUT2D eigenvalue weighted by Crippen LogP contribution is -2.40. The summed E-state index contributed by atoms with van der Waals surface area (Å²) in [7, 11) is -12.9. The molecule has 9 aromatic carbocycles. The van der Waals surface area contributed by atoms with Gasteiger partial charge in [-0.1, -0.05) is 164 Å². The molecule has 0 spiro atoms. The highest BCUT2D eigenvalue weighted by Gasteiger charge is 2.35. The minimum Gasteiger partial charge on any atom is -0.493 e. The van der Waals surface area contributed by atoms with E-state index in [1.165, 1.54) is 53.1 Å². The summed E-state index contributed by atoms with van der Waals surface area (Å²) in [5.41, 5.74) is 25.6. The normalized spacial score (nSPS) is 12.0. The Kier molecular flexibility index (Phi) is 50.4. The summed E-state index contributed by atoms with van der Waals surface area (Å²) in [5, 5.41) is 5.43. The van der Waals surface area contributed by atoms with Gasteiger partial charge in [0.05, 0.1) is 55.1 Å². The summed E-state index contributed by atoms with van der Waals surface area (Å²) < 4.78 is 155. The molecule has 1 saturated carbocycles. The molecule has 0 radical (unpaired) electrons. The molecule has 0 aromatic heterocycles. The highest BCUT2D eigenvalue weighted by Crippen LogP contribution is 2.30. The van der Waals surface area contributed by atoms with Crippen molar-refractivity contribution in [2.45, 2.75) is 99.1 Å². The zero-order valence-corrected chi connectivity index (χ0v) is 78.0. The Balaban J connectivity index is 0.000000361. The van der Waals surface area contributed by atoms with E-state index in [2.05, 4.69) is 34.2 Å². The third-order valence-electron chi connectivity index (χ3n) is 16.7. The van der Waals surface area contributed by atoms with Crippen LogP contribution in [-0.4, -0.2) is 192 Å². The number of nitrogens with zero attached hydrogens (tertiary/aromatic N) is 5. The number of sulfonamides is 5. The molecule has 35 heteroatoms. The largest absolute Gasteiger partial charge is 0.493 e. The van der Waals surface area contributed by atoms with E-state index in [-0.39, 0.29) is 29.4 Å². The topological polar surface area (TPSA) is 402 Å². The van der Waals surface area contributed by atoms with E-state index in [1.807, 2.05) is 237 Å². The van der Waals surface area contributed by atoms with Crippen molar-refractivity contribution in [2.75, 3.05) is 133 Å². The Hall–Kier alpha value is -10.3. The van der Waals surface area contributed by atoms with Gasteiger partial charge in [0.1, 0.15) is 60.4 Å². The van der Waals surface area contributed by atoms with Crippen molar-refractivity contribution >= 4 is 84.9 Å². The van der Waals surface area contributed by atoms with E-state index in [4.69, 9.17) is 51.3 Å². The summed E-state index contributed by atoms with van der Waals surface area (Å²) >= 11 is 5.22. The van der Waals surface area contributed by atoms with Gasteiger partial charge in [0, 0.05) is 75.6 Å². The Bertz CT molecular complexity index is 5200. The van der Waals surface area contributed by atoms with Crippen LogP contribution in [0.4, 0.5) is 11.4 Å². The van der Waals surface area contributed by atoms with Gasteiger partial charge in [0.2, 0.25) is 56.0 Å². The highest BCUT2D eigenvalue weighted by atomic mass is 35.5. The number of hydrogen-bond acceptors (Lipinski definition) is 20. The van der Waals surface area contributed by atoms with Crippen molar-refractivity contribution in [3.05, 3.63) is 284 Å².